The van der Waals surface area contributed by atoms with Crippen LogP contribution in [0.2, 0.25) is 0 Å². The molecule has 3 aromatic rings. The number of nitrogens with one attached hydrogen (secondary N) is 3. The van der Waals surface area contributed by atoms with Gasteiger partial charge in [-0.3, -0.25) is 0 Å². The van der Waals surface area contributed by atoms with Crippen LogP contribution in [0.3, 0.4) is 0 Å². The van der Waals surface area contributed by atoms with Gasteiger partial charge in [-0.1, -0.05) is 6.07 Å². The summed E-state index contributed by atoms with van der Waals surface area (Å²) in [6, 6.07) is 4.53. The van der Waals surface area contributed by atoms with E-state index in [1.165, 1.54) is 18.3 Å². The Hall–Kier alpha value is -3.02. The Morgan fingerprint density at radius 1 is 1.09 bits per heavy atom. The van der Waals surface area contributed by atoms with Crippen molar-refractivity contribution in [3.8, 4) is 22.5 Å². The summed E-state index contributed by atoms with van der Waals surface area (Å²) in [5.74, 6) is 0.0728. The van der Waals surface area contributed by atoms with E-state index in [1.807, 2.05) is 0 Å². The molecule has 0 bridgehead atoms. The van der Waals surface area contributed by atoms with E-state index in [-0.39, 0.29) is 29.3 Å². The molecule has 3 heterocycles. The van der Waals surface area contributed by atoms with Crippen molar-refractivity contribution >= 4 is 25.9 Å². The maximum absolute atomic E-state index is 13.2. The maximum atomic E-state index is 13.2. The van der Waals surface area contributed by atoms with Crippen LogP contribution in [0, 0.1) is 0 Å². The Kier molecular flexibility index (Phi) is 5.65. The van der Waals surface area contributed by atoms with Gasteiger partial charge in [0.05, 0.1) is 11.6 Å². The van der Waals surface area contributed by atoms with E-state index < -0.39 is 41.9 Å². The van der Waals surface area contributed by atoms with Crippen molar-refractivity contribution in [3.63, 3.8) is 0 Å². The lowest BCUT2D eigenvalue weighted by atomic mass is 10.0. The van der Waals surface area contributed by atoms with Gasteiger partial charge in [-0.25, -0.2) is 31.7 Å². The number of rotatable bonds is 6. The quantitative estimate of drug-likeness (QED) is 0.220. The van der Waals surface area contributed by atoms with Gasteiger partial charge in [0.1, 0.15) is 15.6 Å². The highest BCUT2D eigenvalue weighted by molar-refractivity contribution is 7.92. The summed E-state index contributed by atoms with van der Waals surface area (Å²) in [7, 11) is -8.95. The van der Waals surface area contributed by atoms with Gasteiger partial charge < -0.3 is 16.8 Å². The number of nitrogens with two attached hydrogens (primary N) is 3. The third-order valence-electron chi connectivity index (χ3n) is 4.93. The fraction of sp³-hybridized carbons (Fsp3) is 0.250. The van der Waals surface area contributed by atoms with Crippen LogP contribution in [0.4, 0.5) is 5.82 Å². The van der Waals surface area contributed by atoms with Crippen molar-refractivity contribution in [1.29, 1.82) is 0 Å². The molecule has 1 aliphatic rings. The number of hydrogen-bond donors (Lipinski definition) is 6. The van der Waals surface area contributed by atoms with Gasteiger partial charge in [0.25, 0.3) is 0 Å². The smallest absolute Gasteiger partial charge is 0.242 e. The van der Waals surface area contributed by atoms with Crippen LogP contribution in [0.25, 0.3) is 22.5 Å². The number of tetrazole rings is 1. The molecular formula is C16H20N10O4S2. The number of hydrogen-bond acceptors (Lipinski definition) is 11. The molecule has 1 saturated heterocycles. The lowest BCUT2D eigenvalue weighted by Gasteiger charge is -2.20. The summed E-state index contributed by atoms with van der Waals surface area (Å²) < 4.78 is 54.2. The second-order valence-corrected chi connectivity index (χ2v) is 10.3. The molecule has 0 unspecified atom stereocenters. The number of sulfonamides is 2. The molecule has 1 aliphatic heterocycles. The molecule has 0 radical (unpaired) electrons. The van der Waals surface area contributed by atoms with Crippen molar-refractivity contribution in [2.75, 3.05) is 18.8 Å². The largest absolute Gasteiger partial charge is 0.384 e. The molecule has 0 spiro atoms. The van der Waals surface area contributed by atoms with E-state index in [1.54, 1.807) is 6.07 Å². The van der Waals surface area contributed by atoms with Crippen LogP contribution in [-0.2, 0) is 20.0 Å². The summed E-state index contributed by atoms with van der Waals surface area (Å²) in [5, 5.41) is 21.8. The number of benzene rings is 1. The normalized spacial score (nSPS) is 19.3. The van der Waals surface area contributed by atoms with E-state index >= 15 is 0 Å². The number of nitrogen functional groups attached to an aromatic ring is 1. The zero-order valence-electron chi connectivity index (χ0n) is 16.4. The molecule has 16 heteroatoms. The van der Waals surface area contributed by atoms with Crippen LogP contribution < -0.4 is 26.6 Å². The molecule has 0 aliphatic carbocycles. The second-order valence-electron chi connectivity index (χ2n) is 7.12. The predicted octanol–water partition coefficient (Wildman–Crippen LogP) is -2.26. The molecule has 2 atom stereocenters. The minimum Gasteiger partial charge on any atom is -0.384 e. The van der Waals surface area contributed by atoms with E-state index in [0.29, 0.717) is 12.1 Å². The average Bonchev–Trinajstić information content (AvgIpc) is 3.39. The Morgan fingerprint density at radius 2 is 1.88 bits per heavy atom. The Labute approximate surface area is 183 Å². The molecule has 170 valence electrons. The van der Waals surface area contributed by atoms with Gasteiger partial charge in [-0.15, -0.1) is 10.2 Å². The highest BCUT2D eigenvalue weighted by Crippen LogP contribution is 2.38. The Balaban J connectivity index is 1.98. The molecule has 14 nitrogen and oxygen atoms in total. The molecule has 9 N–H and O–H groups in total. The number of anilines is 1. The number of nitrogens with zero attached hydrogens (tertiary/aromatic N) is 4. The monoisotopic (exact) mass is 480 g/mol. The van der Waals surface area contributed by atoms with E-state index in [4.69, 9.17) is 16.6 Å². The second kappa shape index (κ2) is 8.15. The lowest BCUT2D eigenvalue weighted by Crippen LogP contribution is -2.46. The fourth-order valence-electron chi connectivity index (χ4n) is 3.44. The Bertz CT molecular complexity index is 1340. The summed E-state index contributed by atoms with van der Waals surface area (Å²) in [5.41, 5.74) is 12.1. The van der Waals surface area contributed by atoms with Gasteiger partial charge in [0, 0.05) is 30.9 Å². The highest BCUT2D eigenvalue weighted by atomic mass is 32.2. The zero-order chi connectivity index (χ0) is 23.1. The summed E-state index contributed by atoms with van der Waals surface area (Å²) in [6.45, 7) is 0.699. The highest BCUT2D eigenvalue weighted by Gasteiger charge is 2.35. The topological polar surface area (TPSA) is 238 Å². The van der Waals surface area contributed by atoms with E-state index in [2.05, 4.69) is 35.6 Å². The maximum Gasteiger partial charge on any atom is 0.242 e. The minimum atomic E-state index is -4.59. The first-order valence-electron chi connectivity index (χ1n) is 9.22. The van der Waals surface area contributed by atoms with Gasteiger partial charge in [0.2, 0.25) is 25.9 Å². The molecule has 0 saturated carbocycles. The number of primary sulfonamides is 1. The molecule has 0 amide bonds. The van der Waals surface area contributed by atoms with Crippen LogP contribution in [0.1, 0.15) is 0 Å². The molecule has 32 heavy (non-hydrogen) atoms. The molecule has 1 aromatic carbocycles. The first kappa shape index (κ1) is 22.2. The van der Waals surface area contributed by atoms with Crippen molar-refractivity contribution in [3.05, 3.63) is 30.5 Å². The number of aromatic amines is 1. The lowest BCUT2D eigenvalue weighted by molar-refractivity contribution is 0.536. The first-order valence-corrected chi connectivity index (χ1v) is 12.2. The van der Waals surface area contributed by atoms with Crippen LogP contribution >= 0.6 is 0 Å². The minimum absolute atomic E-state index is 0.149. The number of H-pyrrole nitrogens is 1. The van der Waals surface area contributed by atoms with Crippen LogP contribution in [0.5, 0.6) is 0 Å². The molecule has 2 aromatic heterocycles. The fourth-order valence-corrected chi connectivity index (χ4v) is 6.33. The third-order valence-corrected chi connectivity index (χ3v) is 7.58. The van der Waals surface area contributed by atoms with Gasteiger partial charge in [0.15, 0.2) is 0 Å². The van der Waals surface area contributed by atoms with Crippen molar-refractivity contribution < 1.29 is 16.8 Å². The first-order chi connectivity index (χ1) is 15.1. The van der Waals surface area contributed by atoms with Crippen molar-refractivity contribution in [1.82, 2.24) is 35.6 Å². The summed E-state index contributed by atoms with van der Waals surface area (Å²) in [6.07, 6.45) is 1.40. The zero-order valence-corrected chi connectivity index (χ0v) is 18.1. The van der Waals surface area contributed by atoms with Gasteiger partial charge in [-0.05, 0) is 29.0 Å². The number of aromatic nitrogens is 5. The number of pyridine rings is 1. The Morgan fingerprint density at radius 3 is 2.44 bits per heavy atom. The summed E-state index contributed by atoms with van der Waals surface area (Å²) >= 11 is 0. The SMILES string of the molecule is Nc1ccc(-c2ccc(S(=O)(=O)N[C@@H]3CNC[C@@H]3N)c(S(N)(=O)=O)c2-c2nn[nH]n2)cn1. The van der Waals surface area contributed by atoms with Crippen LogP contribution in [-0.4, -0.2) is 67.6 Å². The third kappa shape index (κ3) is 4.18. The van der Waals surface area contributed by atoms with Crippen LogP contribution in [0.15, 0.2) is 40.3 Å². The molecular weight excluding hydrogens is 460 g/mol. The molecule has 1 fully saturated rings. The summed E-state index contributed by atoms with van der Waals surface area (Å²) in [4.78, 5) is 2.75. The molecule has 4 rings (SSSR count). The average molecular weight is 481 g/mol. The predicted molar refractivity (Wildman–Crippen MR) is 114 cm³/mol. The van der Waals surface area contributed by atoms with Crippen molar-refractivity contribution in [2.45, 2.75) is 21.9 Å². The van der Waals surface area contributed by atoms with Gasteiger partial charge >= 0.3 is 0 Å². The van der Waals surface area contributed by atoms with E-state index in [0.717, 1.165) is 6.07 Å². The standard InChI is InChI=1S/C16H20N10O4S2/c17-10-6-20-7-11(10)24-32(29,30)12-3-2-9(8-1-4-13(18)21-5-8)14(15(12)31(19,27)28)16-22-25-26-23-16/h1-5,10-11,20,24H,6-7,17H2,(H2,18,21)(H2,19,27,28)(H,22,23,25,26)/t10-,11+/m0/s1. The van der Waals surface area contributed by atoms with E-state index in [9.17, 15) is 16.8 Å². The van der Waals surface area contributed by atoms with Crippen molar-refractivity contribution in [2.24, 2.45) is 10.9 Å². The van der Waals surface area contributed by atoms with Gasteiger partial charge in [-0.2, -0.15) is 5.21 Å².